The number of nitrogens with zero attached hydrogens (tertiary/aromatic N) is 5. The van der Waals surface area contributed by atoms with Gasteiger partial charge in [0.15, 0.2) is 17.4 Å². The van der Waals surface area contributed by atoms with Crippen LogP contribution in [0.4, 0.5) is 30.9 Å². The van der Waals surface area contributed by atoms with Crippen LogP contribution in [0, 0.1) is 5.92 Å². The van der Waals surface area contributed by atoms with Crippen LogP contribution in [0.5, 0.6) is 5.88 Å². The van der Waals surface area contributed by atoms with Crippen molar-refractivity contribution in [1.29, 1.82) is 0 Å². The van der Waals surface area contributed by atoms with E-state index >= 15 is 0 Å². The normalized spacial score (nSPS) is 22.4. The van der Waals surface area contributed by atoms with E-state index in [0.29, 0.717) is 24.5 Å². The van der Waals surface area contributed by atoms with Crippen molar-refractivity contribution in [2.45, 2.75) is 37.3 Å². The summed E-state index contributed by atoms with van der Waals surface area (Å²) in [6, 6.07) is 2.54. The molecule has 5 rings (SSSR count). The first kappa shape index (κ1) is 23.3. The number of hydrogen-bond acceptors (Lipinski definition) is 9. The first-order valence-electron chi connectivity index (χ1n) is 11.3. The molecule has 2 fully saturated rings. The Hall–Kier alpha value is -3.45. The maximum absolute atomic E-state index is 13.3. The summed E-state index contributed by atoms with van der Waals surface area (Å²) < 4.78 is 31.7. The van der Waals surface area contributed by atoms with E-state index in [2.05, 4.69) is 25.2 Å². The summed E-state index contributed by atoms with van der Waals surface area (Å²) in [5, 5.41) is 20.8. The van der Waals surface area contributed by atoms with Crippen molar-refractivity contribution in [2.24, 2.45) is 5.92 Å². The second kappa shape index (κ2) is 8.96. The summed E-state index contributed by atoms with van der Waals surface area (Å²) in [6.07, 6.45) is 1.63. The van der Waals surface area contributed by atoms with Gasteiger partial charge in [-0.1, -0.05) is 0 Å². The fraction of sp³-hybridized carbons (Fsp3) is 0.500. The molecule has 4 heterocycles. The lowest BCUT2D eigenvalue weighted by atomic mass is 10.1. The molecule has 0 radical (unpaired) electrons. The van der Waals surface area contributed by atoms with Crippen LogP contribution in [-0.4, -0.2) is 81.4 Å². The van der Waals surface area contributed by atoms with Gasteiger partial charge in [0.2, 0.25) is 5.88 Å². The Kier molecular flexibility index (Phi) is 5.97. The molecular formula is C22H24F2N6O5. The molecule has 0 spiro atoms. The number of halogens is 2. The number of carbonyl (C=O) groups excluding carboxylic acids is 2. The minimum atomic E-state index is -2.79. The van der Waals surface area contributed by atoms with Gasteiger partial charge in [0.1, 0.15) is 18.4 Å². The molecule has 3 N–H and O–H groups in total. The zero-order chi connectivity index (χ0) is 24.7. The number of nitrogens with one attached hydrogen (secondary N) is 1. The van der Waals surface area contributed by atoms with Gasteiger partial charge in [-0.05, 0) is 18.6 Å². The van der Waals surface area contributed by atoms with Gasteiger partial charge >= 0.3 is 6.03 Å². The highest BCUT2D eigenvalue weighted by Crippen LogP contribution is 2.51. The van der Waals surface area contributed by atoms with Gasteiger partial charge in [0, 0.05) is 31.8 Å². The molecule has 3 aliphatic rings. The van der Waals surface area contributed by atoms with Crippen LogP contribution in [-0.2, 0) is 0 Å². The highest BCUT2D eigenvalue weighted by atomic mass is 19.3. The molecule has 2 amide bonds. The summed E-state index contributed by atoms with van der Waals surface area (Å²) in [5.41, 5.74) is 0.748. The number of anilines is 3. The molecule has 35 heavy (non-hydrogen) atoms. The number of aliphatic hydroxyl groups is 2. The number of aliphatic hydroxyl groups excluding tert-OH is 2. The van der Waals surface area contributed by atoms with Crippen LogP contribution < -0.4 is 19.9 Å². The number of ketones is 1. The van der Waals surface area contributed by atoms with Crippen molar-refractivity contribution in [3.8, 4) is 5.88 Å². The fourth-order valence-electron chi connectivity index (χ4n) is 4.31. The third-order valence-corrected chi connectivity index (χ3v) is 6.34. The molecule has 186 valence electrons. The Morgan fingerprint density at radius 2 is 2.09 bits per heavy atom. The van der Waals surface area contributed by atoms with Gasteiger partial charge in [-0.15, -0.1) is 0 Å². The van der Waals surface area contributed by atoms with Crippen molar-refractivity contribution in [2.75, 3.05) is 41.4 Å². The smallest absolute Gasteiger partial charge is 0.329 e. The topological polar surface area (TPSA) is 141 Å². The lowest BCUT2D eigenvalue weighted by Gasteiger charge is -2.35. The lowest BCUT2D eigenvalue weighted by Crippen LogP contribution is -2.48. The summed E-state index contributed by atoms with van der Waals surface area (Å²) in [4.78, 5) is 41.9. The van der Waals surface area contributed by atoms with E-state index in [9.17, 15) is 23.5 Å². The molecule has 3 atom stereocenters. The molecule has 1 saturated heterocycles. The second-order valence-corrected chi connectivity index (χ2v) is 8.90. The molecule has 13 heteroatoms. The molecule has 2 aromatic heterocycles. The van der Waals surface area contributed by atoms with Crippen molar-refractivity contribution in [3.63, 3.8) is 0 Å². The average molecular weight is 490 g/mol. The quantitative estimate of drug-likeness (QED) is 0.469. The van der Waals surface area contributed by atoms with Crippen LogP contribution in [0.3, 0.4) is 0 Å². The van der Waals surface area contributed by atoms with E-state index in [1.807, 2.05) is 0 Å². The molecule has 11 nitrogen and oxygen atoms in total. The van der Waals surface area contributed by atoms with Crippen molar-refractivity contribution >= 4 is 29.1 Å². The van der Waals surface area contributed by atoms with E-state index in [-0.39, 0.29) is 42.9 Å². The molecule has 1 aliphatic carbocycles. The Labute approximate surface area is 198 Å². The average Bonchev–Trinajstić information content (AvgIpc) is 3.23. The van der Waals surface area contributed by atoms with Crippen LogP contribution >= 0.6 is 0 Å². The van der Waals surface area contributed by atoms with E-state index in [4.69, 9.17) is 9.84 Å². The second-order valence-electron chi connectivity index (χ2n) is 8.90. The summed E-state index contributed by atoms with van der Waals surface area (Å²) >= 11 is 0. The maximum atomic E-state index is 13.3. The number of fused-ring (bicyclic) bond motifs is 4. The number of aromatic nitrogens is 3. The van der Waals surface area contributed by atoms with Gasteiger partial charge in [-0.3, -0.25) is 15.0 Å². The molecule has 0 aromatic carbocycles. The predicted molar refractivity (Wildman–Crippen MR) is 119 cm³/mol. The number of amides is 2. The Bertz CT molecular complexity index is 1130. The number of Topliss-reactive ketones (excluding diaryl/α,β-unsaturated/α-hetero) is 1. The molecule has 2 aromatic rings. The Morgan fingerprint density at radius 3 is 2.77 bits per heavy atom. The Morgan fingerprint density at radius 1 is 1.29 bits per heavy atom. The van der Waals surface area contributed by atoms with Crippen molar-refractivity contribution in [1.82, 2.24) is 15.0 Å². The highest BCUT2D eigenvalue weighted by molar-refractivity contribution is 6.05. The van der Waals surface area contributed by atoms with Gasteiger partial charge in [0.25, 0.3) is 5.92 Å². The zero-order valence-corrected chi connectivity index (χ0v) is 18.6. The van der Waals surface area contributed by atoms with E-state index < -0.39 is 36.4 Å². The standard InChI is InChI=1S/C22H24F2N6O5/c23-22(24)6-12(22)5-17(33)15-1-2-16-20(27-15)30(13-3-4-29(16)9-13)21(34)28-18-7-26-19(8-25-18)35-11-14(32)10-31/h1-2,7-8,12-14,31-32H,3-6,9-11H2,(H,25,28,34)/t12-,13+,14+/m1/s1. The molecule has 2 bridgehead atoms. The fourth-order valence-corrected chi connectivity index (χ4v) is 4.31. The van der Waals surface area contributed by atoms with Gasteiger partial charge < -0.3 is 19.8 Å². The third-order valence-electron chi connectivity index (χ3n) is 6.34. The number of pyridine rings is 1. The molecule has 1 saturated carbocycles. The van der Waals surface area contributed by atoms with Crippen LogP contribution in [0.15, 0.2) is 24.5 Å². The minimum Gasteiger partial charge on any atom is -0.474 e. The maximum Gasteiger partial charge on any atom is 0.329 e. The number of ether oxygens (including phenoxy) is 1. The van der Waals surface area contributed by atoms with Crippen LogP contribution in [0.1, 0.15) is 29.8 Å². The number of rotatable bonds is 8. The third kappa shape index (κ3) is 4.73. The van der Waals surface area contributed by atoms with E-state index in [1.165, 1.54) is 23.4 Å². The summed E-state index contributed by atoms with van der Waals surface area (Å²) in [5.74, 6) is -3.66. The van der Waals surface area contributed by atoms with Crippen molar-refractivity contribution in [3.05, 3.63) is 30.2 Å². The summed E-state index contributed by atoms with van der Waals surface area (Å²) in [6.45, 7) is 0.711. The minimum absolute atomic E-state index is 0.0538. The predicted octanol–water partition coefficient (Wildman–Crippen LogP) is 1.46. The monoisotopic (exact) mass is 490 g/mol. The van der Waals surface area contributed by atoms with Gasteiger partial charge in [0.05, 0.1) is 30.7 Å². The molecule has 0 unspecified atom stereocenters. The number of carbonyl (C=O) groups is 2. The molecule has 2 aliphatic heterocycles. The number of urea groups is 1. The van der Waals surface area contributed by atoms with Crippen molar-refractivity contribution < 1.29 is 33.3 Å². The van der Waals surface area contributed by atoms with Gasteiger partial charge in [-0.25, -0.2) is 28.5 Å². The van der Waals surface area contributed by atoms with E-state index in [1.54, 1.807) is 6.07 Å². The SMILES string of the molecule is O=C(C[C@@H]1CC1(F)F)c1ccc2c(n1)N(C(=O)Nc1cnc(OC[C@@H](O)CO)cn1)[C@H]1CCN2C1. The molecular weight excluding hydrogens is 466 g/mol. The van der Waals surface area contributed by atoms with Crippen LogP contribution in [0.2, 0.25) is 0 Å². The number of hydrogen-bond donors (Lipinski definition) is 3. The van der Waals surface area contributed by atoms with E-state index in [0.717, 1.165) is 6.54 Å². The first-order chi connectivity index (χ1) is 16.7. The Balaban J connectivity index is 1.32. The highest BCUT2D eigenvalue weighted by Gasteiger charge is 2.57. The van der Waals surface area contributed by atoms with Crippen LogP contribution in [0.25, 0.3) is 0 Å². The number of alkyl halides is 2. The lowest BCUT2D eigenvalue weighted by molar-refractivity contribution is 0.0520. The largest absolute Gasteiger partial charge is 0.474 e. The zero-order valence-electron chi connectivity index (χ0n) is 18.6. The first-order valence-corrected chi connectivity index (χ1v) is 11.3. The van der Waals surface area contributed by atoms with Gasteiger partial charge in [-0.2, -0.15) is 0 Å². The summed E-state index contributed by atoms with van der Waals surface area (Å²) in [7, 11) is 0.